The predicted octanol–water partition coefficient (Wildman–Crippen LogP) is 4.45. The standard InChI is InChI=1S/C22H22N4O2S/c1-14-9-10-20(16(3)11-14)29(27,28)25-22-13-17(4)24-26(22)21-12-15(2)18-7-5-6-8-19(18)23-21/h5-13,25H,1-4H3. The lowest BCUT2D eigenvalue weighted by Gasteiger charge is -2.13. The fourth-order valence-electron chi connectivity index (χ4n) is 3.48. The van der Waals surface area contributed by atoms with Crippen LogP contribution in [0.1, 0.15) is 22.4 Å². The average molecular weight is 407 g/mol. The first-order chi connectivity index (χ1) is 13.7. The summed E-state index contributed by atoms with van der Waals surface area (Å²) in [6.45, 7) is 7.55. The molecular weight excluding hydrogens is 384 g/mol. The van der Waals surface area contributed by atoms with Gasteiger partial charge in [0.2, 0.25) is 0 Å². The Morgan fingerprint density at radius 1 is 0.897 bits per heavy atom. The molecule has 7 heteroatoms. The van der Waals surface area contributed by atoms with E-state index in [-0.39, 0.29) is 4.90 Å². The molecule has 0 unspecified atom stereocenters. The van der Waals surface area contributed by atoms with Gasteiger partial charge >= 0.3 is 0 Å². The summed E-state index contributed by atoms with van der Waals surface area (Å²) in [5.41, 5.74) is 4.27. The van der Waals surface area contributed by atoms with Crippen LogP contribution in [-0.4, -0.2) is 23.2 Å². The number of aromatic nitrogens is 3. The summed E-state index contributed by atoms with van der Waals surface area (Å²) in [6.07, 6.45) is 0. The van der Waals surface area contributed by atoms with Crippen LogP contribution in [0.15, 0.2) is 59.5 Å². The molecule has 0 atom stereocenters. The molecule has 0 amide bonds. The molecule has 29 heavy (non-hydrogen) atoms. The molecule has 0 fully saturated rings. The Labute approximate surface area is 170 Å². The number of nitrogens with one attached hydrogen (secondary N) is 1. The molecule has 148 valence electrons. The fourth-order valence-corrected chi connectivity index (χ4v) is 4.74. The van der Waals surface area contributed by atoms with Crippen molar-refractivity contribution in [2.24, 2.45) is 0 Å². The maximum absolute atomic E-state index is 13.0. The van der Waals surface area contributed by atoms with E-state index in [4.69, 9.17) is 0 Å². The van der Waals surface area contributed by atoms with Crippen molar-refractivity contribution in [3.63, 3.8) is 0 Å². The highest BCUT2D eigenvalue weighted by Gasteiger charge is 2.20. The molecule has 0 spiro atoms. The van der Waals surface area contributed by atoms with Crippen LogP contribution in [0.3, 0.4) is 0 Å². The van der Waals surface area contributed by atoms with Crippen LogP contribution in [0, 0.1) is 27.7 Å². The van der Waals surface area contributed by atoms with Gasteiger partial charge in [0, 0.05) is 11.5 Å². The Bertz CT molecular complexity index is 1340. The Hall–Kier alpha value is -3.19. The van der Waals surface area contributed by atoms with E-state index < -0.39 is 10.0 Å². The highest BCUT2D eigenvalue weighted by Crippen LogP contribution is 2.25. The Morgan fingerprint density at radius 3 is 2.41 bits per heavy atom. The molecule has 0 saturated carbocycles. The van der Waals surface area contributed by atoms with E-state index >= 15 is 0 Å². The second-order valence-corrected chi connectivity index (χ2v) is 8.92. The average Bonchev–Trinajstić information content (AvgIpc) is 3.00. The number of rotatable bonds is 4. The number of pyridine rings is 1. The lowest BCUT2D eigenvalue weighted by atomic mass is 10.1. The van der Waals surface area contributed by atoms with Crippen LogP contribution >= 0.6 is 0 Å². The van der Waals surface area contributed by atoms with Crippen molar-refractivity contribution < 1.29 is 8.42 Å². The summed E-state index contributed by atoms with van der Waals surface area (Å²) in [4.78, 5) is 4.92. The third-order valence-electron chi connectivity index (χ3n) is 4.82. The monoisotopic (exact) mass is 406 g/mol. The van der Waals surface area contributed by atoms with Gasteiger partial charge in [-0.25, -0.2) is 13.4 Å². The summed E-state index contributed by atoms with van der Waals surface area (Å²) in [6, 6.07) is 16.7. The first-order valence-corrected chi connectivity index (χ1v) is 10.8. The molecule has 4 aromatic rings. The van der Waals surface area contributed by atoms with E-state index in [0.29, 0.717) is 22.9 Å². The van der Waals surface area contributed by atoms with Crippen LogP contribution in [0.2, 0.25) is 0 Å². The Balaban J connectivity index is 1.80. The summed E-state index contributed by atoms with van der Waals surface area (Å²) in [5.74, 6) is 0.914. The van der Waals surface area contributed by atoms with E-state index in [1.807, 2.05) is 57.2 Å². The summed E-state index contributed by atoms with van der Waals surface area (Å²) >= 11 is 0. The van der Waals surface area contributed by atoms with Crippen molar-refractivity contribution in [2.75, 3.05) is 4.72 Å². The summed E-state index contributed by atoms with van der Waals surface area (Å²) in [5, 5.41) is 5.52. The third kappa shape index (κ3) is 3.61. The number of nitrogens with zero attached hydrogens (tertiary/aromatic N) is 3. The number of aryl methyl sites for hydroxylation is 4. The SMILES string of the molecule is Cc1ccc(S(=O)(=O)Nc2cc(C)nn2-c2cc(C)c3ccccc3n2)c(C)c1. The predicted molar refractivity (Wildman–Crippen MR) is 115 cm³/mol. The first-order valence-electron chi connectivity index (χ1n) is 9.28. The quantitative estimate of drug-likeness (QED) is 0.543. The van der Waals surface area contributed by atoms with Crippen LogP contribution < -0.4 is 4.72 Å². The lowest BCUT2D eigenvalue weighted by Crippen LogP contribution is -2.17. The molecular formula is C22H22N4O2S. The maximum atomic E-state index is 13.0. The minimum absolute atomic E-state index is 0.246. The van der Waals surface area contributed by atoms with Crippen LogP contribution in [0.25, 0.3) is 16.7 Å². The molecule has 2 heterocycles. The van der Waals surface area contributed by atoms with E-state index in [1.165, 1.54) is 4.68 Å². The number of fused-ring (bicyclic) bond motifs is 1. The van der Waals surface area contributed by atoms with Gasteiger partial charge in [0.15, 0.2) is 5.82 Å². The molecule has 0 radical (unpaired) electrons. The van der Waals surface area contributed by atoms with Gasteiger partial charge in [-0.15, -0.1) is 0 Å². The number of para-hydroxylation sites is 1. The van der Waals surface area contributed by atoms with Crippen LogP contribution in [0.5, 0.6) is 0 Å². The van der Waals surface area contributed by atoms with Crippen molar-refractivity contribution in [3.05, 3.63) is 77.0 Å². The number of sulfonamides is 1. The number of anilines is 1. The largest absolute Gasteiger partial charge is 0.263 e. The molecule has 2 aromatic carbocycles. The van der Waals surface area contributed by atoms with Crippen molar-refractivity contribution in [1.82, 2.24) is 14.8 Å². The van der Waals surface area contributed by atoms with Crippen molar-refractivity contribution in [3.8, 4) is 5.82 Å². The second kappa shape index (κ2) is 7.00. The van der Waals surface area contributed by atoms with Gasteiger partial charge in [0.05, 0.1) is 16.1 Å². The molecule has 2 aromatic heterocycles. The highest BCUT2D eigenvalue weighted by atomic mass is 32.2. The molecule has 4 rings (SSSR count). The van der Waals surface area contributed by atoms with Crippen LogP contribution in [-0.2, 0) is 10.0 Å². The lowest BCUT2D eigenvalue weighted by molar-refractivity contribution is 0.600. The topological polar surface area (TPSA) is 76.9 Å². The van der Waals surface area contributed by atoms with Gasteiger partial charge < -0.3 is 0 Å². The zero-order valence-electron chi connectivity index (χ0n) is 16.8. The van der Waals surface area contributed by atoms with Crippen LogP contribution in [0.4, 0.5) is 5.82 Å². The zero-order chi connectivity index (χ0) is 20.8. The smallest absolute Gasteiger partial charge is 0.263 e. The molecule has 0 bridgehead atoms. The molecule has 0 saturated heterocycles. The van der Waals surface area contributed by atoms with E-state index in [2.05, 4.69) is 14.8 Å². The zero-order valence-corrected chi connectivity index (χ0v) is 17.6. The van der Waals surface area contributed by atoms with Gasteiger partial charge in [-0.1, -0.05) is 35.9 Å². The molecule has 0 aliphatic heterocycles. The minimum Gasteiger partial charge on any atom is -0.263 e. The van der Waals surface area contributed by atoms with Gasteiger partial charge in [-0.05, 0) is 57.0 Å². The van der Waals surface area contributed by atoms with Gasteiger partial charge in [-0.2, -0.15) is 9.78 Å². The Kier molecular flexibility index (Phi) is 4.62. The number of hydrogen-bond donors (Lipinski definition) is 1. The highest BCUT2D eigenvalue weighted by molar-refractivity contribution is 7.92. The molecule has 6 nitrogen and oxygen atoms in total. The number of benzene rings is 2. The summed E-state index contributed by atoms with van der Waals surface area (Å²) < 4.78 is 30.3. The summed E-state index contributed by atoms with van der Waals surface area (Å²) in [7, 11) is -3.77. The minimum atomic E-state index is -3.77. The fraction of sp³-hybridized carbons (Fsp3) is 0.182. The first kappa shape index (κ1) is 19.1. The normalized spacial score (nSPS) is 11.7. The van der Waals surface area contributed by atoms with Crippen molar-refractivity contribution >= 4 is 26.7 Å². The Morgan fingerprint density at radius 2 is 1.66 bits per heavy atom. The molecule has 0 aliphatic carbocycles. The molecule has 0 aliphatic rings. The molecule has 1 N–H and O–H groups in total. The van der Waals surface area contributed by atoms with Crippen molar-refractivity contribution in [2.45, 2.75) is 32.6 Å². The second-order valence-electron chi connectivity index (χ2n) is 7.27. The van der Waals surface area contributed by atoms with Gasteiger partial charge in [-0.3, -0.25) is 4.72 Å². The van der Waals surface area contributed by atoms with E-state index in [1.54, 1.807) is 25.1 Å². The third-order valence-corrected chi connectivity index (χ3v) is 6.33. The van der Waals surface area contributed by atoms with Gasteiger partial charge in [0.25, 0.3) is 10.0 Å². The number of hydrogen-bond acceptors (Lipinski definition) is 4. The van der Waals surface area contributed by atoms with Gasteiger partial charge in [0.1, 0.15) is 5.82 Å². The van der Waals surface area contributed by atoms with E-state index in [0.717, 1.165) is 22.0 Å². The maximum Gasteiger partial charge on any atom is 0.263 e. The van der Waals surface area contributed by atoms with E-state index in [9.17, 15) is 8.42 Å². The van der Waals surface area contributed by atoms with Crippen molar-refractivity contribution in [1.29, 1.82) is 0 Å².